The summed E-state index contributed by atoms with van der Waals surface area (Å²) < 4.78 is 0. The van der Waals surface area contributed by atoms with Crippen LogP contribution in [0, 0.1) is 0 Å². The van der Waals surface area contributed by atoms with Gasteiger partial charge in [-0.3, -0.25) is 0 Å². The first kappa shape index (κ1) is 20.7. The average Bonchev–Trinajstić information content (AvgIpc) is 2.93. The van der Waals surface area contributed by atoms with Gasteiger partial charge in [0.1, 0.15) is 11.4 Å². The first-order valence-electron chi connectivity index (χ1n) is 11.4. The van der Waals surface area contributed by atoms with E-state index in [1.165, 1.54) is 10.8 Å². The molecular formula is C30H21N5. The number of nitrogens with zero attached hydrogens (tertiary/aromatic N) is 4. The number of anilines is 1. The molecule has 0 amide bonds. The number of aromatic nitrogens is 3. The van der Waals surface area contributed by atoms with Crippen LogP contribution in [0.25, 0.3) is 44.1 Å². The van der Waals surface area contributed by atoms with Crippen molar-refractivity contribution in [3.8, 4) is 22.5 Å². The van der Waals surface area contributed by atoms with Crippen molar-refractivity contribution in [3.63, 3.8) is 0 Å². The molecule has 35 heavy (non-hydrogen) atoms. The maximum absolute atomic E-state index is 4.78. The quantitative estimate of drug-likeness (QED) is 0.175. The van der Waals surface area contributed by atoms with Crippen LogP contribution in [0.4, 0.5) is 5.95 Å². The van der Waals surface area contributed by atoms with E-state index in [9.17, 15) is 0 Å². The van der Waals surface area contributed by atoms with Crippen molar-refractivity contribution in [1.82, 2.24) is 15.2 Å². The topological polar surface area (TPSA) is 63.1 Å². The Morgan fingerprint density at radius 3 is 1.74 bits per heavy atom. The second-order valence-electron chi connectivity index (χ2n) is 8.17. The molecule has 0 aliphatic heterocycles. The van der Waals surface area contributed by atoms with E-state index in [0.29, 0.717) is 5.95 Å². The van der Waals surface area contributed by atoms with Crippen LogP contribution in [0.2, 0.25) is 0 Å². The third-order valence-electron chi connectivity index (χ3n) is 5.95. The molecule has 0 saturated carbocycles. The molecule has 6 rings (SSSR count). The van der Waals surface area contributed by atoms with Gasteiger partial charge in [-0.2, -0.15) is 5.10 Å². The van der Waals surface area contributed by atoms with Gasteiger partial charge in [0.05, 0.1) is 6.21 Å². The summed E-state index contributed by atoms with van der Waals surface area (Å²) in [4.78, 5) is 4.78. The molecule has 0 fully saturated rings. The molecule has 5 nitrogen and oxygen atoms in total. The molecule has 6 aromatic rings. The highest BCUT2D eigenvalue weighted by Crippen LogP contribution is 2.29. The Balaban J connectivity index is 1.39. The van der Waals surface area contributed by atoms with Crippen molar-refractivity contribution in [3.05, 3.63) is 121 Å². The van der Waals surface area contributed by atoms with Crippen LogP contribution in [0.1, 0.15) is 5.56 Å². The summed E-state index contributed by atoms with van der Waals surface area (Å²) in [6.07, 6.45) is 1.83. The summed E-state index contributed by atoms with van der Waals surface area (Å²) in [5, 5.41) is 17.9. The van der Waals surface area contributed by atoms with Gasteiger partial charge in [0.2, 0.25) is 0 Å². The van der Waals surface area contributed by atoms with E-state index in [1.807, 2.05) is 79.0 Å². The van der Waals surface area contributed by atoms with Crippen molar-refractivity contribution < 1.29 is 0 Å². The summed E-state index contributed by atoms with van der Waals surface area (Å²) >= 11 is 0. The van der Waals surface area contributed by atoms with Crippen LogP contribution in [-0.2, 0) is 0 Å². The Morgan fingerprint density at radius 1 is 0.571 bits per heavy atom. The van der Waals surface area contributed by atoms with Crippen molar-refractivity contribution in [1.29, 1.82) is 0 Å². The monoisotopic (exact) mass is 451 g/mol. The zero-order valence-corrected chi connectivity index (χ0v) is 18.8. The zero-order valence-electron chi connectivity index (χ0n) is 18.8. The Bertz CT molecular complexity index is 1610. The fourth-order valence-electron chi connectivity index (χ4n) is 4.30. The molecule has 166 valence electrons. The van der Waals surface area contributed by atoms with Gasteiger partial charge in [-0.25, -0.2) is 10.4 Å². The lowest BCUT2D eigenvalue weighted by Crippen LogP contribution is -2.03. The Morgan fingerprint density at radius 2 is 1.11 bits per heavy atom. The van der Waals surface area contributed by atoms with Gasteiger partial charge in [0.15, 0.2) is 0 Å². The van der Waals surface area contributed by atoms with E-state index in [4.69, 9.17) is 4.98 Å². The first-order chi connectivity index (χ1) is 17.4. The Hall–Kier alpha value is -4.90. The molecule has 5 aromatic carbocycles. The molecule has 0 aliphatic rings. The molecule has 1 N–H and O–H groups in total. The summed E-state index contributed by atoms with van der Waals surface area (Å²) in [6, 6.07) is 38.8. The number of hydrogen-bond acceptors (Lipinski definition) is 5. The van der Waals surface area contributed by atoms with Crippen LogP contribution in [0.5, 0.6) is 0 Å². The predicted octanol–water partition coefficient (Wildman–Crippen LogP) is 6.96. The molecule has 1 heterocycles. The fraction of sp³-hybridized carbons (Fsp3) is 0. The Kier molecular flexibility index (Phi) is 5.41. The van der Waals surface area contributed by atoms with Gasteiger partial charge in [0, 0.05) is 16.7 Å². The fourth-order valence-corrected chi connectivity index (χ4v) is 4.30. The summed E-state index contributed by atoms with van der Waals surface area (Å²) in [6.45, 7) is 0. The van der Waals surface area contributed by atoms with E-state index < -0.39 is 0 Å². The second kappa shape index (κ2) is 9.15. The predicted molar refractivity (Wildman–Crippen MR) is 143 cm³/mol. The van der Waals surface area contributed by atoms with E-state index in [2.05, 4.69) is 63.2 Å². The maximum Gasteiger partial charge on any atom is 0.263 e. The highest BCUT2D eigenvalue weighted by atomic mass is 15.4. The molecule has 0 atom stereocenters. The molecule has 1 aromatic heterocycles. The lowest BCUT2D eigenvalue weighted by atomic mass is 9.97. The van der Waals surface area contributed by atoms with E-state index >= 15 is 0 Å². The SMILES string of the molecule is C(=NNc1nnc(-c2ccccc2)c(-c2ccccc2)n1)c1c2ccccc2cc2ccccc12. The van der Waals surface area contributed by atoms with Gasteiger partial charge in [-0.05, 0) is 27.6 Å². The molecule has 0 aliphatic carbocycles. The largest absolute Gasteiger partial charge is 0.263 e. The van der Waals surface area contributed by atoms with Crippen LogP contribution < -0.4 is 5.43 Å². The van der Waals surface area contributed by atoms with Crippen molar-refractivity contribution >= 4 is 33.7 Å². The van der Waals surface area contributed by atoms with Crippen LogP contribution in [0.15, 0.2) is 120 Å². The molecule has 0 unspecified atom stereocenters. The number of benzene rings is 5. The molecule has 0 spiro atoms. The number of hydrogen-bond donors (Lipinski definition) is 1. The molecule has 0 bridgehead atoms. The first-order valence-corrected chi connectivity index (χ1v) is 11.4. The minimum absolute atomic E-state index is 0.337. The van der Waals surface area contributed by atoms with E-state index in [0.717, 1.165) is 38.9 Å². The summed E-state index contributed by atoms with van der Waals surface area (Å²) in [5.74, 6) is 0.337. The number of hydrazone groups is 1. The van der Waals surface area contributed by atoms with Gasteiger partial charge in [-0.1, -0.05) is 109 Å². The normalized spacial score (nSPS) is 11.3. The van der Waals surface area contributed by atoms with Gasteiger partial charge in [-0.15, -0.1) is 10.2 Å². The lowest BCUT2D eigenvalue weighted by Gasteiger charge is -2.10. The van der Waals surface area contributed by atoms with Gasteiger partial charge in [0.25, 0.3) is 5.95 Å². The molecular weight excluding hydrogens is 430 g/mol. The van der Waals surface area contributed by atoms with Crippen molar-refractivity contribution in [2.24, 2.45) is 5.10 Å². The minimum Gasteiger partial charge on any atom is -0.244 e. The average molecular weight is 452 g/mol. The molecule has 5 heteroatoms. The highest BCUT2D eigenvalue weighted by Gasteiger charge is 2.13. The molecule has 0 radical (unpaired) electrons. The smallest absolute Gasteiger partial charge is 0.244 e. The van der Waals surface area contributed by atoms with Crippen LogP contribution in [-0.4, -0.2) is 21.4 Å². The minimum atomic E-state index is 0.337. The van der Waals surface area contributed by atoms with E-state index in [-0.39, 0.29) is 0 Å². The number of nitrogens with one attached hydrogen (secondary N) is 1. The standard InChI is InChI=1S/C30H21N5/c1-3-11-21(12-4-1)28-29(22-13-5-2-6-14-22)33-35-30(32-28)34-31-20-27-25-17-9-7-15-23(25)19-24-16-8-10-18-26(24)27/h1-20H,(H,32,34,35). The third-order valence-corrected chi connectivity index (χ3v) is 5.95. The third kappa shape index (κ3) is 4.11. The summed E-state index contributed by atoms with van der Waals surface area (Å²) in [7, 11) is 0. The number of fused-ring (bicyclic) bond motifs is 2. The van der Waals surface area contributed by atoms with Crippen LogP contribution >= 0.6 is 0 Å². The van der Waals surface area contributed by atoms with Crippen molar-refractivity contribution in [2.45, 2.75) is 0 Å². The second-order valence-corrected chi connectivity index (χ2v) is 8.17. The maximum atomic E-state index is 4.78. The lowest BCUT2D eigenvalue weighted by molar-refractivity contribution is 0.973. The van der Waals surface area contributed by atoms with Gasteiger partial charge < -0.3 is 0 Å². The van der Waals surface area contributed by atoms with E-state index in [1.54, 1.807) is 0 Å². The van der Waals surface area contributed by atoms with Crippen LogP contribution in [0.3, 0.4) is 0 Å². The summed E-state index contributed by atoms with van der Waals surface area (Å²) in [5.41, 5.74) is 7.45. The van der Waals surface area contributed by atoms with Crippen molar-refractivity contribution in [2.75, 3.05) is 5.43 Å². The zero-order chi connectivity index (χ0) is 23.5. The van der Waals surface area contributed by atoms with Gasteiger partial charge >= 0.3 is 0 Å². The Labute approximate surface area is 202 Å². The number of rotatable bonds is 5. The highest BCUT2D eigenvalue weighted by molar-refractivity contribution is 6.13. The molecule has 0 saturated heterocycles.